The lowest BCUT2D eigenvalue weighted by Crippen LogP contribution is -2.36. The van der Waals surface area contributed by atoms with Crippen LogP contribution in [0, 0.1) is 13.8 Å². The number of nitrogens with one attached hydrogen (secondary N) is 1. The minimum Gasteiger partial charge on any atom is -0.488 e. The van der Waals surface area contributed by atoms with E-state index in [4.69, 9.17) is 4.74 Å². The summed E-state index contributed by atoms with van der Waals surface area (Å²) >= 11 is 4.29. The van der Waals surface area contributed by atoms with Crippen molar-refractivity contribution in [2.45, 2.75) is 20.5 Å². The Hall–Kier alpha value is -3.88. The van der Waals surface area contributed by atoms with E-state index in [1.54, 1.807) is 12.1 Å². The number of amides is 3. The first-order valence-electron chi connectivity index (χ1n) is 12.3. The maximum Gasteiger partial charge on any atom is 0.294 e. The van der Waals surface area contributed by atoms with Gasteiger partial charge in [-0.1, -0.05) is 64.5 Å². The summed E-state index contributed by atoms with van der Waals surface area (Å²) < 4.78 is 6.99. The number of thioether (sulfide) groups is 1. The van der Waals surface area contributed by atoms with E-state index in [2.05, 4.69) is 39.4 Å². The molecule has 6 nitrogen and oxygen atoms in total. The second-order valence-electron chi connectivity index (χ2n) is 9.22. The molecule has 0 aromatic heterocycles. The molecule has 1 saturated heterocycles. The van der Waals surface area contributed by atoms with E-state index in [1.807, 2.05) is 68.4 Å². The highest BCUT2D eigenvalue weighted by molar-refractivity contribution is 9.10. The molecule has 1 fully saturated rings. The van der Waals surface area contributed by atoms with Gasteiger partial charge in [0, 0.05) is 15.7 Å². The highest BCUT2D eigenvalue weighted by Gasteiger charge is 2.36. The topological polar surface area (TPSA) is 75.7 Å². The van der Waals surface area contributed by atoms with Gasteiger partial charge in [-0.25, -0.2) is 0 Å². The molecule has 1 N–H and O–H groups in total. The van der Waals surface area contributed by atoms with Crippen molar-refractivity contribution in [2.75, 3.05) is 11.9 Å². The Kier molecular flexibility index (Phi) is 7.86. The molecule has 1 heterocycles. The average molecular weight is 602 g/mol. The summed E-state index contributed by atoms with van der Waals surface area (Å²) in [5, 5.41) is 4.51. The molecule has 1 aliphatic heterocycles. The normalized spacial score (nSPS) is 14.3. The second-order valence-corrected chi connectivity index (χ2v) is 11.1. The van der Waals surface area contributed by atoms with Crippen LogP contribution in [0.5, 0.6) is 5.75 Å². The molecule has 0 unspecified atom stereocenters. The van der Waals surface area contributed by atoms with E-state index in [0.717, 1.165) is 48.6 Å². The number of imide groups is 1. The van der Waals surface area contributed by atoms with Gasteiger partial charge >= 0.3 is 0 Å². The van der Waals surface area contributed by atoms with Gasteiger partial charge in [-0.15, -0.1) is 0 Å². The fourth-order valence-electron chi connectivity index (χ4n) is 4.28. The Morgan fingerprint density at radius 2 is 1.77 bits per heavy atom. The number of nitrogens with zero attached hydrogens (tertiary/aromatic N) is 1. The van der Waals surface area contributed by atoms with Crippen LogP contribution in [0.4, 0.5) is 10.5 Å². The molecule has 0 saturated carbocycles. The van der Waals surface area contributed by atoms with E-state index < -0.39 is 17.1 Å². The van der Waals surface area contributed by atoms with Gasteiger partial charge < -0.3 is 10.1 Å². The maximum atomic E-state index is 13.1. The van der Waals surface area contributed by atoms with Crippen LogP contribution in [-0.2, 0) is 16.2 Å². The molecule has 0 atom stereocenters. The molecule has 8 heteroatoms. The standard InChI is InChI=1S/C31H25BrN2O4S/c1-19-10-12-25(14-20(19)2)33-29(35)17-34-30(36)28(39-31(34)37)16-23-15-24(32)11-13-27(23)38-18-22-8-5-7-21-6-3-4-9-26(21)22/h3-16H,17-18H2,1-2H3,(H,33,35)/b28-16+. The Labute approximate surface area is 239 Å². The summed E-state index contributed by atoms with van der Waals surface area (Å²) in [4.78, 5) is 39.6. The third kappa shape index (κ3) is 6.08. The van der Waals surface area contributed by atoms with E-state index in [0.29, 0.717) is 23.6 Å². The van der Waals surface area contributed by atoms with Gasteiger partial charge in [-0.2, -0.15) is 0 Å². The van der Waals surface area contributed by atoms with Gasteiger partial charge in [0.1, 0.15) is 18.9 Å². The van der Waals surface area contributed by atoms with Crippen LogP contribution in [0.1, 0.15) is 22.3 Å². The van der Waals surface area contributed by atoms with Crippen molar-refractivity contribution in [3.05, 3.63) is 110 Å². The zero-order chi connectivity index (χ0) is 27.5. The van der Waals surface area contributed by atoms with Crippen molar-refractivity contribution in [3.63, 3.8) is 0 Å². The van der Waals surface area contributed by atoms with Gasteiger partial charge in [-0.05, 0) is 89.5 Å². The first-order valence-corrected chi connectivity index (χ1v) is 13.9. The molecular formula is C31H25BrN2O4S. The number of carbonyl (C=O) groups excluding carboxylic acids is 3. The number of aryl methyl sites for hydroxylation is 2. The van der Waals surface area contributed by atoms with Crippen molar-refractivity contribution in [1.82, 2.24) is 4.90 Å². The van der Waals surface area contributed by atoms with Gasteiger partial charge in [-0.3, -0.25) is 19.3 Å². The predicted octanol–water partition coefficient (Wildman–Crippen LogP) is 7.47. The number of hydrogen-bond donors (Lipinski definition) is 1. The van der Waals surface area contributed by atoms with E-state index in [1.165, 1.54) is 0 Å². The van der Waals surface area contributed by atoms with Crippen LogP contribution in [0.25, 0.3) is 16.8 Å². The lowest BCUT2D eigenvalue weighted by molar-refractivity contribution is -0.127. The average Bonchev–Trinajstić information content (AvgIpc) is 3.17. The van der Waals surface area contributed by atoms with Crippen molar-refractivity contribution in [3.8, 4) is 5.75 Å². The third-order valence-electron chi connectivity index (χ3n) is 6.49. The van der Waals surface area contributed by atoms with Gasteiger partial charge in [0.05, 0.1) is 4.91 Å². The Morgan fingerprint density at radius 1 is 0.974 bits per heavy atom. The summed E-state index contributed by atoms with van der Waals surface area (Å²) in [5.74, 6) is -0.381. The summed E-state index contributed by atoms with van der Waals surface area (Å²) in [5.41, 5.74) is 4.45. The minimum atomic E-state index is -0.514. The minimum absolute atomic E-state index is 0.229. The summed E-state index contributed by atoms with van der Waals surface area (Å²) in [6.07, 6.45) is 1.63. The van der Waals surface area contributed by atoms with Crippen LogP contribution in [0.3, 0.4) is 0 Å². The third-order valence-corrected chi connectivity index (χ3v) is 7.89. The predicted molar refractivity (Wildman–Crippen MR) is 160 cm³/mol. The number of benzene rings is 4. The SMILES string of the molecule is Cc1ccc(NC(=O)CN2C(=O)S/C(=C/c3cc(Br)ccc3OCc3cccc4ccccc34)C2=O)cc1C. The van der Waals surface area contributed by atoms with E-state index >= 15 is 0 Å². The van der Waals surface area contributed by atoms with Crippen LogP contribution >= 0.6 is 27.7 Å². The van der Waals surface area contributed by atoms with E-state index in [-0.39, 0.29) is 11.4 Å². The lowest BCUT2D eigenvalue weighted by atomic mass is 10.1. The molecule has 4 aromatic carbocycles. The molecule has 1 aliphatic rings. The molecule has 39 heavy (non-hydrogen) atoms. The Morgan fingerprint density at radius 3 is 2.59 bits per heavy atom. The monoisotopic (exact) mass is 600 g/mol. The first-order chi connectivity index (χ1) is 18.8. The quantitative estimate of drug-likeness (QED) is 0.223. The van der Waals surface area contributed by atoms with Gasteiger partial charge in [0.2, 0.25) is 5.91 Å². The Bertz CT molecular complexity index is 1640. The van der Waals surface area contributed by atoms with Crippen LogP contribution in [0.15, 0.2) is 88.2 Å². The van der Waals surface area contributed by atoms with Gasteiger partial charge in [0.15, 0.2) is 0 Å². The summed E-state index contributed by atoms with van der Waals surface area (Å²) in [7, 11) is 0. The van der Waals surface area contributed by atoms with Crippen molar-refractivity contribution in [1.29, 1.82) is 0 Å². The highest BCUT2D eigenvalue weighted by Crippen LogP contribution is 2.35. The number of rotatable bonds is 7. The number of ether oxygens (including phenoxy) is 1. The molecule has 0 aliphatic carbocycles. The van der Waals surface area contributed by atoms with Crippen molar-refractivity contribution in [2.24, 2.45) is 0 Å². The fourth-order valence-corrected chi connectivity index (χ4v) is 5.49. The van der Waals surface area contributed by atoms with Crippen LogP contribution in [0.2, 0.25) is 0 Å². The molecular weight excluding hydrogens is 576 g/mol. The fraction of sp³-hybridized carbons (Fsp3) is 0.129. The molecule has 0 bridgehead atoms. The second kappa shape index (κ2) is 11.5. The molecule has 0 radical (unpaired) electrons. The zero-order valence-corrected chi connectivity index (χ0v) is 23.8. The molecule has 0 spiro atoms. The van der Waals surface area contributed by atoms with Crippen molar-refractivity contribution < 1.29 is 19.1 Å². The largest absolute Gasteiger partial charge is 0.488 e. The smallest absolute Gasteiger partial charge is 0.294 e. The number of hydrogen-bond acceptors (Lipinski definition) is 5. The molecule has 196 valence electrons. The van der Waals surface area contributed by atoms with Gasteiger partial charge in [0.25, 0.3) is 11.1 Å². The number of fused-ring (bicyclic) bond motifs is 1. The summed E-state index contributed by atoms with van der Waals surface area (Å²) in [6.45, 7) is 3.91. The molecule has 5 rings (SSSR count). The Balaban J connectivity index is 1.32. The number of carbonyl (C=O) groups is 3. The van der Waals surface area contributed by atoms with Crippen molar-refractivity contribution >= 4 is 67.3 Å². The first kappa shape index (κ1) is 26.7. The number of halogens is 1. The van der Waals surface area contributed by atoms with E-state index in [9.17, 15) is 14.4 Å². The zero-order valence-electron chi connectivity index (χ0n) is 21.4. The maximum absolute atomic E-state index is 13.1. The highest BCUT2D eigenvalue weighted by atomic mass is 79.9. The molecule has 3 amide bonds. The van der Waals surface area contributed by atoms with Crippen LogP contribution < -0.4 is 10.1 Å². The number of anilines is 1. The van der Waals surface area contributed by atoms with Crippen LogP contribution in [-0.4, -0.2) is 28.5 Å². The summed E-state index contributed by atoms with van der Waals surface area (Å²) in [6, 6.07) is 25.3. The molecule has 4 aromatic rings. The lowest BCUT2D eigenvalue weighted by Gasteiger charge is -2.13.